The Morgan fingerprint density at radius 1 is 1.33 bits per heavy atom. The molecule has 0 amide bonds. The van der Waals surface area contributed by atoms with E-state index in [2.05, 4.69) is 35.3 Å². The molecule has 116 valence electrons. The Morgan fingerprint density at radius 3 is 2.76 bits per heavy atom. The van der Waals surface area contributed by atoms with Crippen molar-refractivity contribution in [3.63, 3.8) is 0 Å². The fourth-order valence-corrected chi connectivity index (χ4v) is 3.50. The van der Waals surface area contributed by atoms with Crippen LogP contribution in [-0.2, 0) is 4.74 Å². The van der Waals surface area contributed by atoms with Crippen molar-refractivity contribution in [1.82, 2.24) is 10.2 Å². The third kappa shape index (κ3) is 3.57. The molecule has 2 fully saturated rings. The van der Waals surface area contributed by atoms with E-state index in [9.17, 15) is 0 Å². The van der Waals surface area contributed by atoms with Crippen LogP contribution in [0.25, 0.3) is 0 Å². The molecule has 0 aromatic heterocycles. The first-order valence-corrected chi connectivity index (χ1v) is 8.03. The summed E-state index contributed by atoms with van der Waals surface area (Å²) in [7, 11) is 1.72. The number of hydrogen-bond acceptors (Lipinski definition) is 4. The molecule has 1 N–H and O–H groups in total. The summed E-state index contributed by atoms with van der Waals surface area (Å²) in [4.78, 5) is 2.55. The number of rotatable bonds is 6. The van der Waals surface area contributed by atoms with Gasteiger partial charge in [0.2, 0.25) is 0 Å². The van der Waals surface area contributed by atoms with E-state index < -0.39 is 0 Å². The van der Waals surface area contributed by atoms with Gasteiger partial charge in [-0.15, -0.1) is 0 Å². The Kier molecular flexibility index (Phi) is 4.78. The molecule has 2 aliphatic rings. The largest absolute Gasteiger partial charge is 0.497 e. The molecule has 2 aliphatic heterocycles. The second-order valence-corrected chi connectivity index (χ2v) is 6.06. The topological polar surface area (TPSA) is 33.7 Å². The highest BCUT2D eigenvalue weighted by Crippen LogP contribution is 2.28. The lowest BCUT2D eigenvalue weighted by Crippen LogP contribution is -2.46. The number of nitrogens with zero attached hydrogens (tertiary/aromatic N) is 1. The van der Waals surface area contributed by atoms with Crippen LogP contribution >= 0.6 is 0 Å². The van der Waals surface area contributed by atoms with Crippen molar-refractivity contribution in [3.8, 4) is 5.75 Å². The molecular formula is C17H26N2O2. The van der Waals surface area contributed by atoms with E-state index in [0.717, 1.165) is 31.9 Å². The summed E-state index contributed by atoms with van der Waals surface area (Å²) in [5, 5.41) is 3.61. The number of nitrogens with one attached hydrogen (secondary N) is 1. The van der Waals surface area contributed by atoms with Gasteiger partial charge in [0, 0.05) is 25.7 Å². The number of likely N-dealkylation sites (N-methyl/N-ethyl adjacent to an activating group) is 1. The number of morpholine rings is 1. The zero-order valence-corrected chi connectivity index (χ0v) is 13.0. The minimum absolute atomic E-state index is 0.350. The van der Waals surface area contributed by atoms with E-state index in [0.29, 0.717) is 18.2 Å². The Balaban J connectivity index is 1.69. The first kappa shape index (κ1) is 14.8. The van der Waals surface area contributed by atoms with Crippen molar-refractivity contribution >= 4 is 0 Å². The third-order valence-electron chi connectivity index (χ3n) is 4.51. The highest BCUT2D eigenvalue weighted by Gasteiger charge is 2.34. The second kappa shape index (κ2) is 6.77. The monoisotopic (exact) mass is 290 g/mol. The molecule has 1 aromatic carbocycles. The molecular weight excluding hydrogens is 264 g/mol. The van der Waals surface area contributed by atoms with E-state index in [1.807, 2.05) is 6.07 Å². The van der Waals surface area contributed by atoms with Crippen molar-refractivity contribution in [2.24, 2.45) is 0 Å². The number of benzene rings is 1. The summed E-state index contributed by atoms with van der Waals surface area (Å²) in [6.07, 6.45) is 3.37. The predicted octanol–water partition coefficient (Wildman–Crippen LogP) is 2.21. The molecule has 2 bridgehead atoms. The first-order chi connectivity index (χ1) is 10.3. The molecule has 4 nitrogen and oxygen atoms in total. The standard InChI is InChI=1S/C17H26N2O2/c1-3-18-17(13-5-4-6-14(9-13)20-2)12-19-10-15-7-8-16(11-19)21-15/h4-6,9,15-18H,3,7-8,10-12H2,1-2H3. The second-order valence-electron chi connectivity index (χ2n) is 6.06. The predicted molar refractivity (Wildman–Crippen MR) is 83.7 cm³/mol. The molecule has 0 spiro atoms. The highest BCUT2D eigenvalue weighted by molar-refractivity contribution is 5.30. The fourth-order valence-electron chi connectivity index (χ4n) is 3.50. The van der Waals surface area contributed by atoms with Gasteiger partial charge in [0.25, 0.3) is 0 Å². The Hall–Kier alpha value is -1.10. The molecule has 0 radical (unpaired) electrons. The van der Waals surface area contributed by atoms with Gasteiger partial charge in [-0.25, -0.2) is 0 Å². The van der Waals surface area contributed by atoms with Crippen molar-refractivity contribution in [1.29, 1.82) is 0 Å². The molecule has 3 atom stereocenters. The minimum Gasteiger partial charge on any atom is -0.497 e. The highest BCUT2D eigenvalue weighted by atomic mass is 16.5. The quantitative estimate of drug-likeness (QED) is 0.871. The van der Waals surface area contributed by atoms with Gasteiger partial charge in [0.1, 0.15) is 5.75 Å². The van der Waals surface area contributed by atoms with Gasteiger partial charge in [-0.3, -0.25) is 4.90 Å². The molecule has 3 rings (SSSR count). The number of hydrogen-bond donors (Lipinski definition) is 1. The number of ether oxygens (including phenoxy) is 2. The SMILES string of the molecule is CCNC(CN1CC2CCC(C1)O2)c1cccc(OC)c1. The van der Waals surface area contributed by atoms with Crippen LogP contribution in [0.5, 0.6) is 5.75 Å². The number of fused-ring (bicyclic) bond motifs is 2. The van der Waals surface area contributed by atoms with E-state index in [1.54, 1.807) is 7.11 Å². The van der Waals surface area contributed by atoms with Crippen LogP contribution in [0, 0.1) is 0 Å². The summed E-state index contributed by atoms with van der Waals surface area (Å²) >= 11 is 0. The number of likely N-dealkylation sites (tertiary alicyclic amines) is 1. The van der Waals surface area contributed by atoms with Crippen LogP contribution in [0.4, 0.5) is 0 Å². The van der Waals surface area contributed by atoms with Crippen molar-refractivity contribution in [2.45, 2.75) is 38.0 Å². The number of methoxy groups -OCH3 is 1. The van der Waals surface area contributed by atoms with Gasteiger partial charge < -0.3 is 14.8 Å². The van der Waals surface area contributed by atoms with Crippen LogP contribution < -0.4 is 10.1 Å². The van der Waals surface area contributed by atoms with Crippen LogP contribution in [0.15, 0.2) is 24.3 Å². The van der Waals surface area contributed by atoms with Crippen LogP contribution in [0.2, 0.25) is 0 Å². The molecule has 2 saturated heterocycles. The van der Waals surface area contributed by atoms with Gasteiger partial charge in [0.05, 0.1) is 19.3 Å². The normalized spacial score (nSPS) is 26.8. The Morgan fingerprint density at radius 2 is 2.10 bits per heavy atom. The van der Waals surface area contributed by atoms with Gasteiger partial charge in [-0.1, -0.05) is 19.1 Å². The van der Waals surface area contributed by atoms with Crippen molar-refractivity contribution in [2.75, 3.05) is 33.3 Å². The fraction of sp³-hybridized carbons (Fsp3) is 0.647. The maximum absolute atomic E-state index is 5.93. The zero-order valence-electron chi connectivity index (χ0n) is 13.0. The first-order valence-electron chi connectivity index (χ1n) is 8.03. The molecule has 0 aliphatic carbocycles. The molecule has 1 aromatic rings. The summed E-state index contributed by atoms with van der Waals surface area (Å²) in [5.41, 5.74) is 1.30. The van der Waals surface area contributed by atoms with Gasteiger partial charge in [0.15, 0.2) is 0 Å². The summed E-state index contributed by atoms with van der Waals surface area (Å²) < 4.78 is 11.3. The smallest absolute Gasteiger partial charge is 0.119 e. The molecule has 4 heteroatoms. The van der Waals surface area contributed by atoms with Gasteiger partial charge in [-0.2, -0.15) is 0 Å². The Labute approximate surface area is 127 Å². The summed E-state index contributed by atoms with van der Waals surface area (Å²) in [5.74, 6) is 0.928. The van der Waals surface area contributed by atoms with Crippen LogP contribution in [0.3, 0.4) is 0 Å². The molecule has 0 saturated carbocycles. The summed E-state index contributed by atoms with van der Waals surface area (Å²) in [6.45, 7) is 6.32. The maximum Gasteiger partial charge on any atom is 0.119 e. The molecule has 3 unspecified atom stereocenters. The van der Waals surface area contributed by atoms with E-state index >= 15 is 0 Å². The average Bonchev–Trinajstić information content (AvgIpc) is 2.86. The lowest BCUT2D eigenvalue weighted by atomic mass is 10.1. The van der Waals surface area contributed by atoms with E-state index in [1.165, 1.54) is 18.4 Å². The van der Waals surface area contributed by atoms with Crippen molar-refractivity contribution in [3.05, 3.63) is 29.8 Å². The molecule has 2 heterocycles. The van der Waals surface area contributed by atoms with Gasteiger partial charge in [-0.05, 0) is 37.1 Å². The van der Waals surface area contributed by atoms with Crippen molar-refractivity contribution < 1.29 is 9.47 Å². The minimum atomic E-state index is 0.350. The summed E-state index contributed by atoms with van der Waals surface area (Å²) in [6, 6.07) is 8.75. The zero-order chi connectivity index (χ0) is 14.7. The maximum atomic E-state index is 5.93. The van der Waals surface area contributed by atoms with Crippen LogP contribution in [-0.4, -0.2) is 50.4 Å². The van der Waals surface area contributed by atoms with E-state index in [4.69, 9.17) is 9.47 Å². The lowest BCUT2D eigenvalue weighted by Gasteiger charge is -2.35. The molecule has 21 heavy (non-hydrogen) atoms. The van der Waals surface area contributed by atoms with E-state index in [-0.39, 0.29) is 0 Å². The Bertz CT molecular complexity index is 454. The van der Waals surface area contributed by atoms with Crippen LogP contribution in [0.1, 0.15) is 31.4 Å². The van der Waals surface area contributed by atoms with Gasteiger partial charge >= 0.3 is 0 Å². The third-order valence-corrected chi connectivity index (χ3v) is 4.51. The lowest BCUT2D eigenvalue weighted by molar-refractivity contribution is -0.0407. The average molecular weight is 290 g/mol.